The summed E-state index contributed by atoms with van der Waals surface area (Å²) in [5.41, 5.74) is 8.97. The summed E-state index contributed by atoms with van der Waals surface area (Å²) in [6.07, 6.45) is 0.953. The second-order valence-corrected chi connectivity index (χ2v) is 3.16. The average Bonchev–Trinajstić information content (AvgIpc) is 2.49. The van der Waals surface area contributed by atoms with Gasteiger partial charge in [-0.05, 0) is 30.5 Å². The van der Waals surface area contributed by atoms with Crippen LogP contribution in [0, 0.1) is 6.92 Å². The second kappa shape index (κ2) is 2.76. The van der Waals surface area contributed by atoms with E-state index < -0.39 is 0 Å². The maximum atomic E-state index is 5.72. The first-order chi connectivity index (χ1) is 6.24. The molecular formula is C10H12N2O. The molecule has 2 N–H and O–H groups in total. The van der Waals surface area contributed by atoms with Crippen molar-refractivity contribution in [2.45, 2.75) is 20.3 Å². The lowest BCUT2D eigenvalue weighted by molar-refractivity contribution is 0.460. The first-order valence-corrected chi connectivity index (χ1v) is 4.37. The third-order valence-electron chi connectivity index (χ3n) is 2.36. The fourth-order valence-electron chi connectivity index (χ4n) is 1.69. The van der Waals surface area contributed by atoms with E-state index in [4.69, 9.17) is 10.3 Å². The largest absolute Gasteiger partial charge is 0.380 e. The molecule has 3 heteroatoms. The summed E-state index contributed by atoms with van der Waals surface area (Å²) in [6.45, 7) is 4.18. The fourth-order valence-corrected chi connectivity index (χ4v) is 1.69. The van der Waals surface area contributed by atoms with Crippen molar-refractivity contribution in [2.24, 2.45) is 0 Å². The molecule has 13 heavy (non-hydrogen) atoms. The molecule has 3 nitrogen and oxygen atoms in total. The lowest BCUT2D eigenvalue weighted by Gasteiger charge is -2.02. The molecule has 2 aromatic rings. The van der Waals surface area contributed by atoms with Gasteiger partial charge in [0.1, 0.15) is 0 Å². The molecule has 1 aromatic carbocycles. The van der Waals surface area contributed by atoms with E-state index in [2.05, 4.69) is 19.0 Å². The van der Waals surface area contributed by atoms with Crippen LogP contribution in [-0.2, 0) is 6.42 Å². The van der Waals surface area contributed by atoms with E-state index in [1.807, 2.05) is 12.1 Å². The minimum absolute atomic E-state index is 0.496. The molecule has 2 rings (SSSR count). The van der Waals surface area contributed by atoms with E-state index in [1.54, 1.807) is 0 Å². The highest BCUT2D eigenvalue weighted by molar-refractivity contribution is 5.91. The van der Waals surface area contributed by atoms with Gasteiger partial charge in [-0.2, -0.15) is 0 Å². The van der Waals surface area contributed by atoms with Gasteiger partial charge in [-0.3, -0.25) is 0 Å². The monoisotopic (exact) mass is 176 g/mol. The van der Waals surface area contributed by atoms with Crippen LogP contribution in [0.3, 0.4) is 0 Å². The molecule has 0 fully saturated rings. The van der Waals surface area contributed by atoms with Gasteiger partial charge < -0.3 is 10.3 Å². The number of nitrogens with zero attached hydrogens (tertiary/aromatic N) is 1. The maximum absolute atomic E-state index is 5.72. The minimum atomic E-state index is 0.496. The number of aryl methyl sites for hydroxylation is 2. The lowest BCUT2D eigenvalue weighted by atomic mass is 10.0. The Kier molecular flexibility index (Phi) is 1.72. The third kappa shape index (κ3) is 1.08. The molecule has 0 spiro atoms. The third-order valence-corrected chi connectivity index (χ3v) is 2.36. The molecule has 1 aromatic heterocycles. The molecule has 0 unspecified atom stereocenters. The van der Waals surface area contributed by atoms with Crippen molar-refractivity contribution in [1.29, 1.82) is 0 Å². The van der Waals surface area contributed by atoms with Crippen molar-refractivity contribution in [1.82, 2.24) is 5.16 Å². The minimum Gasteiger partial charge on any atom is -0.380 e. The second-order valence-electron chi connectivity index (χ2n) is 3.16. The Labute approximate surface area is 76.5 Å². The normalized spacial score (nSPS) is 10.9. The van der Waals surface area contributed by atoms with E-state index >= 15 is 0 Å². The quantitative estimate of drug-likeness (QED) is 0.725. The smallest absolute Gasteiger partial charge is 0.175 e. The molecule has 0 atom stereocenters. The van der Waals surface area contributed by atoms with E-state index in [0.29, 0.717) is 5.82 Å². The van der Waals surface area contributed by atoms with Crippen LogP contribution in [0.2, 0.25) is 0 Å². The number of nitrogens with two attached hydrogens (primary N) is 1. The predicted molar refractivity (Wildman–Crippen MR) is 52.5 cm³/mol. The zero-order chi connectivity index (χ0) is 9.42. The number of hydrogen-bond donors (Lipinski definition) is 1. The first kappa shape index (κ1) is 8.10. The van der Waals surface area contributed by atoms with Gasteiger partial charge in [0.15, 0.2) is 11.4 Å². The van der Waals surface area contributed by atoms with Crippen molar-refractivity contribution >= 4 is 16.8 Å². The molecule has 0 saturated carbocycles. The molecule has 0 aliphatic rings. The maximum Gasteiger partial charge on any atom is 0.175 e. The Balaban J connectivity index is 2.88. The first-order valence-electron chi connectivity index (χ1n) is 4.37. The van der Waals surface area contributed by atoms with Gasteiger partial charge in [-0.1, -0.05) is 18.1 Å². The Morgan fingerprint density at radius 3 is 2.92 bits per heavy atom. The van der Waals surface area contributed by atoms with Gasteiger partial charge in [-0.15, -0.1) is 0 Å². The molecule has 0 radical (unpaired) electrons. The lowest BCUT2D eigenvalue weighted by Crippen LogP contribution is -1.91. The van der Waals surface area contributed by atoms with Crippen LogP contribution in [0.1, 0.15) is 18.1 Å². The van der Waals surface area contributed by atoms with Gasteiger partial charge in [0.2, 0.25) is 0 Å². The van der Waals surface area contributed by atoms with E-state index in [9.17, 15) is 0 Å². The summed E-state index contributed by atoms with van der Waals surface area (Å²) >= 11 is 0. The van der Waals surface area contributed by atoms with Gasteiger partial charge in [0.25, 0.3) is 0 Å². The summed E-state index contributed by atoms with van der Waals surface area (Å²) in [5, 5.41) is 4.72. The molecule has 0 amide bonds. The van der Waals surface area contributed by atoms with Crippen LogP contribution in [0.25, 0.3) is 11.0 Å². The Morgan fingerprint density at radius 2 is 2.23 bits per heavy atom. The van der Waals surface area contributed by atoms with Crippen molar-refractivity contribution in [3.63, 3.8) is 0 Å². The SMILES string of the molecule is CCc1c(C)ccc2onc(N)c12. The zero-order valence-corrected chi connectivity index (χ0v) is 7.79. The fraction of sp³-hybridized carbons (Fsp3) is 0.300. The molecule has 1 heterocycles. The van der Waals surface area contributed by atoms with Crippen molar-refractivity contribution in [3.8, 4) is 0 Å². The van der Waals surface area contributed by atoms with E-state index in [0.717, 1.165) is 17.4 Å². The molecule has 0 aliphatic carbocycles. The summed E-state index contributed by atoms with van der Waals surface area (Å²) in [5.74, 6) is 0.496. The predicted octanol–water partition coefficient (Wildman–Crippen LogP) is 2.28. The number of nitrogen functional groups attached to an aromatic ring is 1. The van der Waals surface area contributed by atoms with Gasteiger partial charge >= 0.3 is 0 Å². The van der Waals surface area contributed by atoms with Gasteiger partial charge in [0.05, 0.1) is 5.39 Å². The van der Waals surface area contributed by atoms with Crippen molar-refractivity contribution < 1.29 is 4.52 Å². The summed E-state index contributed by atoms with van der Waals surface area (Å²) in [4.78, 5) is 0. The number of aromatic nitrogens is 1. The van der Waals surface area contributed by atoms with Gasteiger partial charge in [-0.25, -0.2) is 0 Å². The van der Waals surface area contributed by atoms with Crippen LogP contribution >= 0.6 is 0 Å². The van der Waals surface area contributed by atoms with Crippen LogP contribution in [0.4, 0.5) is 5.82 Å². The topological polar surface area (TPSA) is 52.0 Å². The number of benzene rings is 1. The Bertz CT molecular complexity index is 445. The molecule has 68 valence electrons. The molecule has 0 aliphatic heterocycles. The highest BCUT2D eigenvalue weighted by Crippen LogP contribution is 2.27. The van der Waals surface area contributed by atoms with Crippen LogP contribution in [0.15, 0.2) is 16.7 Å². The highest BCUT2D eigenvalue weighted by Gasteiger charge is 2.10. The summed E-state index contributed by atoms with van der Waals surface area (Å²) in [7, 11) is 0. The Morgan fingerprint density at radius 1 is 1.46 bits per heavy atom. The number of hydrogen-bond acceptors (Lipinski definition) is 3. The Hall–Kier alpha value is -1.51. The standard InChI is InChI=1S/C10H12N2O/c1-3-7-6(2)4-5-8-9(7)10(11)12-13-8/h4-5H,3H2,1-2H3,(H2,11,12). The summed E-state index contributed by atoms with van der Waals surface area (Å²) in [6, 6.07) is 3.94. The number of fused-ring (bicyclic) bond motifs is 1. The zero-order valence-electron chi connectivity index (χ0n) is 7.79. The van der Waals surface area contributed by atoms with Crippen molar-refractivity contribution in [3.05, 3.63) is 23.3 Å². The summed E-state index contributed by atoms with van der Waals surface area (Å²) < 4.78 is 5.07. The van der Waals surface area contributed by atoms with Crippen molar-refractivity contribution in [2.75, 3.05) is 5.73 Å². The van der Waals surface area contributed by atoms with Crippen LogP contribution in [-0.4, -0.2) is 5.16 Å². The molecular weight excluding hydrogens is 164 g/mol. The van der Waals surface area contributed by atoms with E-state index in [1.165, 1.54) is 11.1 Å². The number of rotatable bonds is 1. The molecule has 0 bridgehead atoms. The van der Waals surface area contributed by atoms with Gasteiger partial charge in [0, 0.05) is 0 Å². The molecule has 0 saturated heterocycles. The number of anilines is 1. The van der Waals surface area contributed by atoms with Crippen LogP contribution in [0.5, 0.6) is 0 Å². The highest BCUT2D eigenvalue weighted by atomic mass is 16.5. The average molecular weight is 176 g/mol. The van der Waals surface area contributed by atoms with Crippen LogP contribution < -0.4 is 5.73 Å². The van der Waals surface area contributed by atoms with E-state index in [-0.39, 0.29) is 0 Å².